The fourth-order valence-electron chi connectivity index (χ4n) is 3.93. The van der Waals surface area contributed by atoms with Crippen LogP contribution in [0, 0.1) is 25.5 Å². The van der Waals surface area contributed by atoms with Crippen LogP contribution in [0.3, 0.4) is 0 Å². The second-order valence-corrected chi connectivity index (χ2v) is 7.75. The van der Waals surface area contributed by atoms with E-state index in [0.29, 0.717) is 44.0 Å². The summed E-state index contributed by atoms with van der Waals surface area (Å²) in [6.07, 6.45) is 0.536. The first-order chi connectivity index (χ1) is 14.9. The van der Waals surface area contributed by atoms with Crippen LogP contribution in [0.25, 0.3) is 0 Å². The van der Waals surface area contributed by atoms with Crippen molar-refractivity contribution in [1.29, 1.82) is 0 Å². The summed E-state index contributed by atoms with van der Waals surface area (Å²) in [6.45, 7) is 6.13. The van der Waals surface area contributed by atoms with E-state index in [1.54, 1.807) is 11.0 Å². The summed E-state index contributed by atoms with van der Waals surface area (Å²) in [5.41, 5.74) is 3.18. The van der Waals surface area contributed by atoms with Crippen LogP contribution >= 0.6 is 0 Å². The molecule has 1 saturated heterocycles. The van der Waals surface area contributed by atoms with Gasteiger partial charge in [-0.25, -0.2) is 18.7 Å². The molecule has 0 atom stereocenters. The van der Waals surface area contributed by atoms with E-state index in [2.05, 4.69) is 14.9 Å². The van der Waals surface area contributed by atoms with Crippen molar-refractivity contribution in [3.63, 3.8) is 0 Å². The third kappa shape index (κ3) is 4.71. The van der Waals surface area contributed by atoms with Gasteiger partial charge in [-0.15, -0.1) is 0 Å². The molecule has 0 saturated carbocycles. The lowest BCUT2D eigenvalue weighted by Crippen LogP contribution is -2.49. The number of aryl methyl sites for hydroxylation is 2. The van der Waals surface area contributed by atoms with Gasteiger partial charge in [-0.05, 0) is 55.8 Å². The van der Waals surface area contributed by atoms with Crippen LogP contribution < -0.4 is 4.90 Å². The van der Waals surface area contributed by atoms with Crippen molar-refractivity contribution in [3.8, 4) is 0 Å². The number of aromatic nitrogens is 2. The highest BCUT2D eigenvalue weighted by Gasteiger charge is 2.25. The Bertz CT molecular complexity index is 1090. The standard InChI is InChI=1S/C24H24F2N4O/c1-16-22(15-18-4-3-5-21(26)14-18)23(28-17(2)27-16)29-10-12-30(13-11-29)24(31)19-6-8-20(25)9-7-19/h3-9,14H,10-13,15H2,1-2H3. The summed E-state index contributed by atoms with van der Waals surface area (Å²) in [4.78, 5) is 25.9. The molecule has 31 heavy (non-hydrogen) atoms. The van der Waals surface area contributed by atoms with E-state index >= 15 is 0 Å². The van der Waals surface area contributed by atoms with E-state index in [9.17, 15) is 13.6 Å². The summed E-state index contributed by atoms with van der Waals surface area (Å²) in [6, 6.07) is 12.2. The topological polar surface area (TPSA) is 49.3 Å². The molecule has 0 aliphatic carbocycles. The highest BCUT2D eigenvalue weighted by Crippen LogP contribution is 2.25. The lowest BCUT2D eigenvalue weighted by atomic mass is 10.0. The molecule has 4 rings (SSSR count). The van der Waals surface area contributed by atoms with Crippen molar-refractivity contribution in [1.82, 2.24) is 14.9 Å². The van der Waals surface area contributed by atoms with Gasteiger partial charge in [0.1, 0.15) is 23.3 Å². The molecule has 1 aliphatic heterocycles. The predicted molar refractivity (Wildman–Crippen MR) is 115 cm³/mol. The Morgan fingerprint density at radius 1 is 0.935 bits per heavy atom. The van der Waals surface area contributed by atoms with Gasteiger partial charge < -0.3 is 9.80 Å². The van der Waals surface area contributed by atoms with Gasteiger partial charge in [-0.2, -0.15) is 0 Å². The molecular weight excluding hydrogens is 398 g/mol. The third-order valence-electron chi connectivity index (χ3n) is 5.53. The molecule has 1 aliphatic rings. The van der Waals surface area contributed by atoms with Crippen LogP contribution in [-0.2, 0) is 6.42 Å². The van der Waals surface area contributed by atoms with Gasteiger partial charge in [0, 0.05) is 49.4 Å². The van der Waals surface area contributed by atoms with Crippen molar-refractivity contribution in [3.05, 3.63) is 88.4 Å². The fourth-order valence-corrected chi connectivity index (χ4v) is 3.93. The van der Waals surface area contributed by atoms with Crippen LogP contribution in [-0.4, -0.2) is 47.0 Å². The Morgan fingerprint density at radius 2 is 1.65 bits per heavy atom. The lowest BCUT2D eigenvalue weighted by Gasteiger charge is -2.36. The van der Waals surface area contributed by atoms with E-state index in [1.165, 1.54) is 36.4 Å². The van der Waals surface area contributed by atoms with Crippen molar-refractivity contribution in [2.75, 3.05) is 31.1 Å². The Kier molecular flexibility index (Phi) is 5.93. The third-order valence-corrected chi connectivity index (χ3v) is 5.53. The zero-order valence-corrected chi connectivity index (χ0v) is 17.6. The number of halogens is 2. The van der Waals surface area contributed by atoms with Crippen molar-refractivity contribution in [2.24, 2.45) is 0 Å². The molecule has 2 heterocycles. The number of nitrogens with zero attached hydrogens (tertiary/aromatic N) is 4. The van der Waals surface area contributed by atoms with Crippen molar-refractivity contribution < 1.29 is 13.6 Å². The Labute approximate surface area is 180 Å². The molecule has 0 bridgehead atoms. The van der Waals surface area contributed by atoms with Gasteiger partial charge >= 0.3 is 0 Å². The number of hydrogen-bond donors (Lipinski definition) is 0. The molecule has 3 aromatic rings. The average molecular weight is 422 g/mol. The van der Waals surface area contributed by atoms with E-state index in [0.717, 1.165) is 22.6 Å². The van der Waals surface area contributed by atoms with Crippen LogP contribution in [0.2, 0.25) is 0 Å². The quantitative estimate of drug-likeness (QED) is 0.639. The fraction of sp³-hybridized carbons (Fsp3) is 0.292. The first kappa shape index (κ1) is 20.9. The lowest BCUT2D eigenvalue weighted by molar-refractivity contribution is 0.0746. The number of carbonyl (C=O) groups excluding carboxylic acids is 1. The number of carbonyl (C=O) groups is 1. The van der Waals surface area contributed by atoms with Crippen molar-refractivity contribution in [2.45, 2.75) is 20.3 Å². The smallest absolute Gasteiger partial charge is 0.253 e. The highest BCUT2D eigenvalue weighted by atomic mass is 19.1. The number of anilines is 1. The first-order valence-electron chi connectivity index (χ1n) is 10.3. The first-order valence-corrected chi connectivity index (χ1v) is 10.3. The molecule has 0 unspecified atom stereocenters. The van der Waals surface area contributed by atoms with Crippen LogP contribution in [0.4, 0.5) is 14.6 Å². The number of amides is 1. The van der Waals surface area contributed by atoms with Crippen LogP contribution in [0.5, 0.6) is 0 Å². The Hall–Kier alpha value is -3.35. The van der Waals surface area contributed by atoms with Gasteiger partial charge in [0.15, 0.2) is 0 Å². The molecule has 0 N–H and O–H groups in total. The monoisotopic (exact) mass is 422 g/mol. The largest absolute Gasteiger partial charge is 0.353 e. The van der Waals surface area contributed by atoms with Gasteiger partial charge in [0.25, 0.3) is 5.91 Å². The summed E-state index contributed by atoms with van der Waals surface area (Å²) in [5.74, 6) is 0.789. The SMILES string of the molecule is Cc1nc(C)c(Cc2cccc(F)c2)c(N2CCN(C(=O)c3ccc(F)cc3)CC2)n1. The van der Waals surface area contributed by atoms with E-state index in [1.807, 2.05) is 19.9 Å². The summed E-state index contributed by atoms with van der Waals surface area (Å²) in [7, 11) is 0. The summed E-state index contributed by atoms with van der Waals surface area (Å²) in [5, 5.41) is 0. The zero-order valence-electron chi connectivity index (χ0n) is 17.6. The number of hydrogen-bond acceptors (Lipinski definition) is 4. The summed E-state index contributed by atoms with van der Waals surface area (Å²) < 4.78 is 26.8. The van der Waals surface area contributed by atoms with E-state index in [4.69, 9.17) is 0 Å². The maximum atomic E-state index is 13.7. The number of benzene rings is 2. The Balaban J connectivity index is 1.52. The van der Waals surface area contributed by atoms with Gasteiger partial charge in [0.05, 0.1) is 0 Å². The average Bonchev–Trinajstić information content (AvgIpc) is 2.76. The minimum atomic E-state index is -0.360. The minimum absolute atomic E-state index is 0.102. The molecule has 0 radical (unpaired) electrons. The van der Waals surface area contributed by atoms with Gasteiger partial charge in [-0.3, -0.25) is 4.79 Å². The van der Waals surface area contributed by atoms with Gasteiger partial charge in [-0.1, -0.05) is 12.1 Å². The highest BCUT2D eigenvalue weighted by molar-refractivity contribution is 5.94. The molecule has 1 aromatic heterocycles. The maximum absolute atomic E-state index is 13.7. The zero-order chi connectivity index (χ0) is 22.0. The molecule has 7 heteroatoms. The van der Waals surface area contributed by atoms with E-state index in [-0.39, 0.29) is 17.5 Å². The molecule has 1 amide bonds. The normalized spacial score (nSPS) is 14.1. The number of rotatable bonds is 4. The molecule has 2 aromatic carbocycles. The van der Waals surface area contributed by atoms with Crippen LogP contribution in [0.15, 0.2) is 48.5 Å². The molecular formula is C24H24F2N4O. The Morgan fingerprint density at radius 3 is 2.32 bits per heavy atom. The van der Waals surface area contributed by atoms with Crippen molar-refractivity contribution >= 4 is 11.7 Å². The maximum Gasteiger partial charge on any atom is 0.253 e. The molecule has 0 spiro atoms. The molecule has 160 valence electrons. The van der Waals surface area contributed by atoms with Crippen LogP contribution in [0.1, 0.15) is 33.0 Å². The van der Waals surface area contributed by atoms with Gasteiger partial charge in [0.2, 0.25) is 0 Å². The van der Waals surface area contributed by atoms with E-state index < -0.39 is 0 Å². The number of piperazine rings is 1. The molecule has 5 nitrogen and oxygen atoms in total. The predicted octanol–water partition coefficient (Wildman–Crippen LogP) is 3.92. The summed E-state index contributed by atoms with van der Waals surface area (Å²) >= 11 is 0. The minimum Gasteiger partial charge on any atom is -0.353 e. The second-order valence-electron chi connectivity index (χ2n) is 7.75. The second kappa shape index (κ2) is 8.79. The molecule has 1 fully saturated rings.